The summed E-state index contributed by atoms with van der Waals surface area (Å²) in [6.45, 7) is 2.52. The number of nitrogens with one attached hydrogen (secondary N) is 1. The molecule has 6 nitrogen and oxygen atoms in total. The number of hydrogen-bond donors (Lipinski definition) is 1. The lowest BCUT2D eigenvalue weighted by atomic mass is 9.97. The summed E-state index contributed by atoms with van der Waals surface area (Å²) in [5.41, 5.74) is 0.355. The van der Waals surface area contributed by atoms with Gasteiger partial charge in [0.05, 0.1) is 10.8 Å². The summed E-state index contributed by atoms with van der Waals surface area (Å²) in [6.07, 6.45) is 1.54. The van der Waals surface area contributed by atoms with E-state index >= 15 is 0 Å². The molecule has 24 heavy (non-hydrogen) atoms. The maximum atomic E-state index is 12.4. The SMILES string of the molecule is CC(=O)c1csc(NC(=O)[C@@H]2CCCN(C(=O)c3cccs3)C2)n1. The van der Waals surface area contributed by atoms with Crippen molar-refractivity contribution in [3.63, 3.8) is 0 Å². The number of rotatable bonds is 4. The number of likely N-dealkylation sites (tertiary alicyclic amines) is 1. The summed E-state index contributed by atoms with van der Waals surface area (Å²) in [6, 6.07) is 3.65. The Morgan fingerprint density at radius 1 is 1.33 bits per heavy atom. The van der Waals surface area contributed by atoms with Crippen molar-refractivity contribution in [2.75, 3.05) is 18.4 Å². The van der Waals surface area contributed by atoms with Gasteiger partial charge < -0.3 is 10.2 Å². The number of nitrogens with zero attached hydrogens (tertiary/aromatic N) is 2. The summed E-state index contributed by atoms with van der Waals surface area (Å²) >= 11 is 2.64. The Hall–Kier alpha value is -2.06. The Morgan fingerprint density at radius 2 is 2.17 bits per heavy atom. The minimum absolute atomic E-state index is 0.0179. The zero-order valence-corrected chi connectivity index (χ0v) is 14.8. The number of carbonyl (C=O) groups is 3. The minimum Gasteiger partial charge on any atom is -0.337 e. The molecule has 1 atom stereocenters. The highest BCUT2D eigenvalue weighted by Gasteiger charge is 2.29. The normalized spacial score (nSPS) is 17.5. The first-order valence-electron chi connectivity index (χ1n) is 7.64. The highest BCUT2D eigenvalue weighted by atomic mass is 32.1. The van der Waals surface area contributed by atoms with E-state index in [1.807, 2.05) is 11.4 Å². The van der Waals surface area contributed by atoms with E-state index in [1.165, 1.54) is 29.6 Å². The molecule has 0 saturated carbocycles. The van der Waals surface area contributed by atoms with E-state index in [2.05, 4.69) is 10.3 Å². The average Bonchev–Trinajstić information content (AvgIpc) is 3.26. The number of aromatic nitrogens is 1. The summed E-state index contributed by atoms with van der Waals surface area (Å²) in [4.78, 5) is 42.7. The Bertz CT molecular complexity index is 754. The molecular formula is C16H17N3O3S2. The summed E-state index contributed by atoms with van der Waals surface area (Å²) < 4.78 is 0. The third-order valence-corrected chi connectivity index (χ3v) is 5.52. The molecule has 0 aliphatic carbocycles. The van der Waals surface area contributed by atoms with Gasteiger partial charge in [-0.2, -0.15) is 0 Å². The van der Waals surface area contributed by atoms with Crippen molar-refractivity contribution >= 4 is 45.4 Å². The molecule has 126 valence electrons. The number of thiazole rings is 1. The first kappa shape index (κ1) is 16.8. The van der Waals surface area contributed by atoms with Gasteiger partial charge in [-0.05, 0) is 24.3 Å². The van der Waals surface area contributed by atoms with E-state index in [9.17, 15) is 14.4 Å². The van der Waals surface area contributed by atoms with Gasteiger partial charge in [-0.3, -0.25) is 14.4 Å². The fraction of sp³-hybridized carbons (Fsp3) is 0.375. The zero-order valence-electron chi connectivity index (χ0n) is 13.2. The average molecular weight is 363 g/mol. The Morgan fingerprint density at radius 3 is 2.83 bits per heavy atom. The largest absolute Gasteiger partial charge is 0.337 e. The van der Waals surface area contributed by atoms with Gasteiger partial charge in [-0.25, -0.2) is 4.98 Å². The van der Waals surface area contributed by atoms with E-state index in [-0.39, 0.29) is 23.5 Å². The van der Waals surface area contributed by atoms with E-state index in [0.29, 0.717) is 28.8 Å². The van der Waals surface area contributed by atoms with Crippen LogP contribution in [0.5, 0.6) is 0 Å². The fourth-order valence-electron chi connectivity index (χ4n) is 2.63. The summed E-state index contributed by atoms with van der Waals surface area (Å²) in [7, 11) is 0. The number of amides is 2. The Labute approximate surface area is 147 Å². The zero-order chi connectivity index (χ0) is 17.1. The van der Waals surface area contributed by atoms with Crippen LogP contribution in [0.25, 0.3) is 0 Å². The molecule has 1 aliphatic rings. The van der Waals surface area contributed by atoms with Crippen molar-refractivity contribution in [1.82, 2.24) is 9.88 Å². The second-order valence-corrected chi connectivity index (χ2v) is 7.46. The minimum atomic E-state index is -0.257. The number of ketones is 1. The lowest BCUT2D eigenvalue weighted by molar-refractivity contribution is -0.121. The molecule has 0 unspecified atom stereocenters. The van der Waals surface area contributed by atoms with Crippen LogP contribution < -0.4 is 5.32 Å². The molecule has 3 heterocycles. The van der Waals surface area contributed by atoms with Gasteiger partial charge in [0.15, 0.2) is 10.9 Å². The van der Waals surface area contributed by atoms with Gasteiger partial charge in [0.25, 0.3) is 5.91 Å². The summed E-state index contributed by atoms with van der Waals surface area (Å²) in [5.74, 6) is -0.553. The van der Waals surface area contributed by atoms with E-state index < -0.39 is 0 Å². The van der Waals surface area contributed by atoms with Crippen molar-refractivity contribution in [2.45, 2.75) is 19.8 Å². The smallest absolute Gasteiger partial charge is 0.263 e. The fourth-order valence-corrected chi connectivity index (χ4v) is 4.08. The lowest BCUT2D eigenvalue weighted by Crippen LogP contribution is -2.43. The standard InChI is InChI=1S/C16H17N3O3S2/c1-10(20)12-9-24-16(17-12)18-14(21)11-4-2-6-19(8-11)15(22)13-5-3-7-23-13/h3,5,7,9,11H,2,4,6,8H2,1H3,(H,17,18,21)/t11-/m1/s1. The van der Waals surface area contributed by atoms with Gasteiger partial charge >= 0.3 is 0 Å². The molecule has 2 aromatic heterocycles. The molecule has 3 rings (SSSR count). The summed E-state index contributed by atoms with van der Waals surface area (Å²) in [5, 5.41) is 6.69. The topological polar surface area (TPSA) is 79.4 Å². The van der Waals surface area contributed by atoms with Gasteiger partial charge in [0.1, 0.15) is 5.69 Å². The predicted molar refractivity (Wildman–Crippen MR) is 93.7 cm³/mol. The second kappa shape index (κ2) is 7.23. The molecule has 8 heteroatoms. The van der Waals surface area contributed by atoms with Crippen LogP contribution in [-0.2, 0) is 4.79 Å². The molecule has 2 amide bonds. The molecule has 1 fully saturated rings. The maximum absolute atomic E-state index is 12.4. The third-order valence-electron chi connectivity index (χ3n) is 3.91. The Kier molecular flexibility index (Phi) is 5.06. The molecule has 1 saturated heterocycles. The van der Waals surface area contributed by atoms with Crippen molar-refractivity contribution in [3.8, 4) is 0 Å². The third kappa shape index (κ3) is 3.70. The Balaban J connectivity index is 1.62. The first-order valence-corrected chi connectivity index (χ1v) is 9.40. The number of thiophene rings is 1. The van der Waals surface area contributed by atoms with Crippen LogP contribution >= 0.6 is 22.7 Å². The maximum Gasteiger partial charge on any atom is 0.263 e. The van der Waals surface area contributed by atoms with Crippen molar-refractivity contribution in [3.05, 3.63) is 33.5 Å². The number of carbonyl (C=O) groups excluding carboxylic acids is 3. The van der Waals surface area contributed by atoms with E-state index in [4.69, 9.17) is 0 Å². The highest BCUT2D eigenvalue weighted by Crippen LogP contribution is 2.23. The van der Waals surface area contributed by atoms with Gasteiger partial charge in [-0.15, -0.1) is 22.7 Å². The molecule has 2 aromatic rings. The monoisotopic (exact) mass is 363 g/mol. The van der Waals surface area contributed by atoms with Crippen molar-refractivity contribution in [2.24, 2.45) is 5.92 Å². The molecular weight excluding hydrogens is 346 g/mol. The second-order valence-electron chi connectivity index (χ2n) is 5.65. The molecule has 0 bridgehead atoms. The highest BCUT2D eigenvalue weighted by molar-refractivity contribution is 7.14. The lowest BCUT2D eigenvalue weighted by Gasteiger charge is -2.31. The van der Waals surface area contributed by atoms with Crippen LogP contribution in [-0.4, -0.2) is 40.6 Å². The van der Waals surface area contributed by atoms with Gasteiger partial charge in [0.2, 0.25) is 5.91 Å². The van der Waals surface area contributed by atoms with E-state index in [1.54, 1.807) is 16.3 Å². The van der Waals surface area contributed by atoms with Gasteiger partial charge in [0, 0.05) is 25.4 Å². The van der Waals surface area contributed by atoms with Crippen molar-refractivity contribution < 1.29 is 14.4 Å². The molecule has 0 aromatic carbocycles. The quantitative estimate of drug-likeness (QED) is 0.847. The molecule has 0 radical (unpaired) electrons. The van der Waals surface area contributed by atoms with Crippen LogP contribution in [0.4, 0.5) is 5.13 Å². The molecule has 1 N–H and O–H groups in total. The van der Waals surface area contributed by atoms with Crippen LogP contribution in [0.15, 0.2) is 22.9 Å². The van der Waals surface area contributed by atoms with Crippen LogP contribution in [0.2, 0.25) is 0 Å². The predicted octanol–water partition coefficient (Wildman–Crippen LogP) is 2.90. The van der Waals surface area contributed by atoms with Crippen LogP contribution in [0, 0.1) is 5.92 Å². The van der Waals surface area contributed by atoms with Crippen LogP contribution in [0.3, 0.4) is 0 Å². The van der Waals surface area contributed by atoms with Crippen LogP contribution in [0.1, 0.15) is 39.9 Å². The number of Topliss-reactive ketones (excluding diaryl/α,β-unsaturated/α-hetero) is 1. The number of piperidine rings is 1. The van der Waals surface area contributed by atoms with E-state index in [0.717, 1.165) is 12.8 Å². The number of anilines is 1. The first-order chi connectivity index (χ1) is 11.5. The van der Waals surface area contributed by atoms with Crippen molar-refractivity contribution in [1.29, 1.82) is 0 Å². The molecule has 0 spiro atoms. The molecule has 1 aliphatic heterocycles. The van der Waals surface area contributed by atoms with Gasteiger partial charge in [-0.1, -0.05) is 6.07 Å². The number of hydrogen-bond acceptors (Lipinski definition) is 6.